The molecule has 1 aliphatic heterocycles. The van der Waals surface area contributed by atoms with E-state index in [4.69, 9.17) is 10.6 Å². The van der Waals surface area contributed by atoms with E-state index in [9.17, 15) is 25.2 Å². The van der Waals surface area contributed by atoms with Gasteiger partial charge in [-0.25, -0.2) is 0 Å². The van der Waals surface area contributed by atoms with Crippen LogP contribution in [-0.4, -0.2) is 63.5 Å². The number of ether oxygens (including phenoxy) is 1. The van der Waals surface area contributed by atoms with Crippen LogP contribution in [0.4, 0.5) is 0 Å². The Morgan fingerprint density at radius 3 is 2.38 bits per heavy atom. The normalized spacial score (nSPS) is 30.0. The topological polar surface area (TPSA) is 142 Å². The van der Waals surface area contributed by atoms with E-state index in [1.807, 2.05) is 30.3 Å². The van der Waals surface area contributed by atoms with E-state index in [1.165, 1.54) is 0 Å². The van der Waals surface area contributed by atoms with Gasteiger partial charge in [0, 0.05) is 6.42 Å². The van der Waals surface area contributed by atoms with Gasteiger partial charge in [0.15, 0.2) is 0 Å². The molecule has 1 aromatic rings. The molecule has 0 aromatic heterocycles. The molecule has 1 aliphatic rings. The number of hydrogen-bond donors (Lipinski definition) is 5. The Labute approximate surface area is 152 Å². The Morgan fingerprint density at radius 1 is 1.12 bits per heavy atom. The van der Waals surface area contributed by atoms with E-state index in [1.54, 1.807) is 0 Å². The van der Waals surface area contributed by atoms with Crippen molar-refractivity contribution in [1.82, 2.24) is 0 Å². The number of nitrogens with two attached hydrogens (primary N) is 1. The molecule has 0 saturated carbocycles. The lowest BCUT2D eigenvalue weighted by Crippen LogP contribution is -2.58. The minimum atomic E-state index is -1.39. The molecule has 1 saturated heterocycles. The maximum absolute atomic E-state index is 11.2. The van der Waals surface area contributed by atoms with Crippen LogP contribution >= 0.6 is 0 Å². The summed E-state index contributed by atoms with van der Waals surface area (Å²) in [6, 6.07) is 9.56. The van der Waals surface area contributed by atoms with Gasteiger partial charge in [-0.05, 0) is 30.7 Å². The lowest BCUT2D eigenvalue weighted by atomic mass is 9.84. The molecule has 0 radical (unpaired) electrons. The van der Waals surface area contributed by atoms with E-state index in [0.717, 1.165) is 5.56 Å². The van der Waals surface area contributed by atoms with Crippen LogP contribution in [0.25, 0.3) is 0 Å². The lowest BCUT2D eigenvalue weighted by Gasteiger charge is -2.41. The molecule has 0 spiro atoms. The summed E-state index contributed by atoms with van der Waals surface area (Å²) >= 11 is 0. The molecule has 8 nitrogen and oxygen atoms in total. The van der Waals surface area contributed by atoms with Gasteiger partial charge in [0.25, 0.3) is 0 Å². The number of benzene rings is 1. The minimum absolute atomic E-state index is 0.0526. The summed E-state index contributed by atoms with van der Waals surface area (Å²) in [5.74, 6) is 4.30. The van der Waals surface area contributed by atoms with Gasteiger partial charge in [0.05, 0.1) is 12.7 Å². The maximum atomic E-state index is 11.2. The quantitative estimate of drug-likeness (QED) is 0.389. The molecule has 26 heavy (non-hydrogen) atoms. The van der Waals surface area contributed by atoms with Crippen molar-refractivity contribution in [2.45, 2.75) is 62.1 Å². The van der Waals surface area contributed by atoms with Gasteiger partial charge in [-0.2, -0.15) is 5.90 Å². The first-order valence-corrected chi connectivity index (χ1v) is 8.73. The van der Waals surface area contributed by atoms with E-state index in [0.29, 0.717) is 19.3 Å². The second-order valence-corrected chi connectivity index (χ2v) is 6.59. The molecule has 0 amide bonds. The molecule has 0 bridgehead atoms. The van der Waals surface area contributed by atoms with Crippen LogP contribution in [0.15, 0.2) is 30.3 Å². The minimum Gasteiger partial charge on any atom is -0.394 e. The monoisotopic (exact) mass is 369 g/mol. The van der Waals surface area contributed by atoms with Crippen molar-refractivity contribution < 1.29 is 34.8 Å². The Balaban J connectivity index is 2.08. The number of aliphatic hydroxyl groups excluding tert-OH is 4. The van der Waals surface area contributed by atoms with E-state index in [-0.39, 0.29) is 12.3 Å². The highest BCUT2D eigenvalue weighted by Gasteiger charge is 2.43. The fraction of sp³-hybridized carbons (Fsp3) is 0.611. The van der Waals surface area contributed by atoms with Crippen molar-refractivity contribution in [2.24, 2.45) is 5.90 Å². The highest BCUT2D eigenvalue weighted by molar-refractivity contribution is 5.68. The van der Waals surface area contributed by atoms with Crippen LogP contribution in [0, 0.1) is 0 Å². The zero-order valence-electron chi connectivity index (χ0n) is 14.5. The molecule has 2 rings (SSSR count). The molecule has 1 fully saturated rings. The summed E-state index contributed by atoms with van der Waals surface area (Å²) in [4.78, 5) is 15.4. The number of rotatable bonds is 8. The second-order valence-electron chi connectivity index (χ2n) is 6.59. The van der Waals surface area contributed by atoms with Gasteiger partial charge in [0.2, 0.25) is 0 Å². The van der Waals surface area contributed by atoms with Crippen molar-refractivity contribution in [3.05, 3.63) is 35.9 Å². The van der Waals surface area contributed by atoms with Crippen LogP contribution in [0.3, 0.4) is 0 Å². The SMILES string of the molecule is NOC(=O)CCCC(C[C@@H]1O[C@H](CO)[C@H](O)[C@H](O)[C@H]1O)c1ccccc1. The lowest BCUT2D eigenvalue weighted by molar-refractivity contribution is -0.231. The summed E-state index contributed by atoms with van der Waals surface area (Å²) in [5.41, 5.74) is 1.01. The van der Waals surface area contributed by atoms with Crippen LogP contribution in [0.2, 0.25) is 0 Å². The molecule has 0 aliphatic carbocycles. The van der Waals surface area contributed by atoms with Crippen LogP contribution in [-0.2, 0) is 14.4 Å². The van der Waals surface area contributed by atoms with Gasteiger partial charge in [-0.15, -0.1) is 0 Å². The summed E-state index contributed by atoms with van der Waals surface area (Å²) in [6.07, 6.45) is -4.03. The summed E-state index contributed by atoms with van der Waals surface area (Å²) in [7, 11) is 0. The Bertz CT molecular complexity index is 554. The maximum Gasteiger partial charge on any atom is 0.324 e. The third-order valence-corrected chi connectivity index (χ3v) is 4.84. The van der Waals surface area contributed by atoms with Gasteiger partial charge >= 0.3 is 5.97 Å². The van der Waals surface area contributed by atoms with Crippen molar-refractivity contribution in [3.63, 3.8) is 0 Å². The highest BCUT2D eigenvalue weighted by atomic mass is 16.7. The van der Waals surface area contributed by atoms with E-state index in [2.05, 4.69) is 4.84 Å². The van der Waals surface area contributed by atoms with E-state index >= 15 is 0 Å². The number of carbonyl (C=O) groups excluding carboxylic acids is 1. The average Bonchev–Trinajstić information content (AvgIpc) is 2.67. The van der Waals surface area contributed by atoms with Gasteiger partial charge in [0.1, 0.15) is 24.4 Å². The van der Waals surface area contributed by atoms with Gasteiger partial charge < -0.3 is 30.0 Å². The van der Waals surface area contributed by atoms with Crippen LogP contribution in [0.5, 0.6) is 0 Å². The van der Waals surface area contributed by atoms with Crippen molar-refractivity contribution in [3.8, 4) is 0 Å². The summed E-state index contributed by atoms with van der Waals surface area (Å²) in [6.45, 7) is -0.459. The molecule has 1 unspecified atom stereocenters. The molecular formula is C18H27NO7. The fourth-order valence-electron chi connectivity index (χ4n) is 3.35. The van der Waals surface area contributed by atoms with Crippen LogP contribution in [0.1, 0.15) is 37.2 Å². The fourth-order valence-corrected chi connectivity index (χ4v) is 3.35. The van der Waals surface area contributed by atoms with Gasteiger partial charge in [-0.3, -0.25) is 4.79 Å². The predicted molar refractivity (Wildman–Crippen MR) is 91.7 cm³/mol. The Hall–Kier alpha value is -1.55. The largest absolute Gasteiger partial charge is 0.394 e. The number of aliphatic hydroxyl groups is 4. The Morgan fingerprint density at radius 2 is 1.77 bits per heavy atom. The molecular weight excluding hydrogens is 342 g/mol. The first kappa shape index (κ1) is 20.8. The average molecular weight is 369 g/mol. The third kappa shape index (κ3) is 5.23. The number of hydrogen-bond acceptors (Lipinski definition) is 8. The molecule has 1 aromatic carbocycles. The second kappa shape index (κ2) is 9.96. The number of carbonyl (C=O) groups is 1. The standard InChI is InChI=1S/C18H27NO7/c19-26-15(21)8-4-7-12(11-5-2-1-3-6-11)9-13-16(22)18(24)17(23)14(10-20)25-13/h1-3,5-6,12-14,16-18,20,22-24H,4,7-10,19H2/t12?,13-,14+,16-,17-,18+/m0/s1. The summed E-state index contributed by atoms with van der Waals surface area (Å²) < 4.78 is 5.61. The van der Waals surface area contributed by atoms with Crippen molar-refractivity contribution in [1.29, 1.82) is 0 Å². The smallest absolute Gasteiger partial charge is 0.324 e. The van der Waals surface area contributed by atoms with Crippen LogP contribution < -0.4 is 5.90 Å². The first-order chi connectivity index (χ1) is 12.5. The predicted octanol–water partition coefficient (Wildman–Crippen LogP) is -0.410. The van der Waals surface area contributed by atoms with Crippen molar-refractivity contribution in [2.75, 3.05) is 6.61 Å². The molecule has 8 heteroatoms. The zero-order chi connectivity index (χ0) is 19.1. The molecule has 6 N–H and O–H groups in total. The molecule has 146 valence electrons. The zero-order valence-corrected chi connectivity index (χ0v) is 14.5. The highest BCUT2D eigenvalue weighted by Crippen LogP contribution is 2.32. The van der Waals surface area contributed by atoms with E-state index < -0.39 is 43.1 Å². The Kier molecular flexibility index (Phi) is 7.95. The van der Waals surface area contributed by atoms with Gasteiger partial charge in [-0.1, -0.05) is 30.3 Å². The van der Waals surface area contributed by atoms with Crippen molar-refractivity contribution >= 4 is 5.97 Å². The molecule has 6 atom stereocenters. The first-order valence-electron chi connectivity index (χ1n) is 8.73. The summed E-state index contributed by atoms with van der Waals surface area (Å²) in [5, 5.41) is 39.4. The molecule has 1 heterocycles. The third-order valence-electron chi connectivity index (χ3n) is 4.84.